The highest BCUT2D eigenvalue weighted by atomic mass is 31.2. The van der Waals surface area contributed by atoms with Crippen LogP contribution in [0.5, 0.6) is 0 Å². The minimum atomic E-state index is -3.05. The lowest BCUT2D eigenvalue weighted by molar-refractivity contribution is 0.0357. The van der Waals surface area contributed by atoms with Crippen LogP contribution in [0, 0.1) is 5.41 Å². The van der Waals surface area contributed by atoms with Gasteiger partial charge in [0.15, 0.2) is 0 Å². The Morgan fingerprint density at radius 3 is 2.56 bits per heavy atom. The molecule has 0 radical (unpaired) electrons. The number of rotatable bonds is 2. The molecule has 1 aliphatic carbocycles. The molecule has 16 heavy (non-hydrogen) atoms. The van der Waals surface area contributed by atoms with Gasteiger partial charge >= 0.3 is 7.75 Å². The molecule has 2 aliphatic rings. The Hall–Kier alpha value is -0.150. The van der Waals surface area contributed by atoms with Gasteiger partial charge in [-0.3, -0.25) is 9.05 Å². The van der Waals surface area contributed by atoms with Crippen LogP contribution in [0.3, 0.4) is 0 Å². The SMILES string of the molecule is CC1(C)COP(=O)(NC2CC=CCC2)OC1. The van der Waals surface area contributed by atoms with Crippen molar-refractivity contribution in [2.45, 2.75) is 39.2 Å². The van der Waals surface area contributed by atoms with Crippen molar-refractivity contribution in [1.82, 2.24) is 5.09 Å². The van der Waals surface area contributed by atoms with Crippen molar-refractivity contribution in [1.29, 1.82) is 0 Å². The molecule has 0 spiro atoms. The van der Waals surface area contributed by atoms with Crippen LogP contribution >= 0.6 is 7.75 Å². The normalized spacial score (nSPS) is 32.5. The average Bonchev–Trinajstić information content (AvgIpc) is 2.25. The Kier molecular flexibility index (Phi) is 3.55. The molecule has 5 heteroatoms. The summed E-state index contributed by atoms with van der Waals surface area (Å²) in [6, 6.07) is 0.219. The lowest BCUT2D eigenvalue weighted by Gasteiger charge is -2.35. The Bertz CT molecular complexity index is 313. The van der Waals surface area contributed by atoms with Gasteiger partial charge in [0.2, 0.25) is 0 Å². The topological polar surface area (TPSA) is 47.6 Å². The molecule has 0 saturated carbocycles. The molecule has 0 amide bonds. The van der Waals surface area contributed by atoms with E-state index in [0.717, 1.165) is 19.3 Å². The summed E-state index contributed by atoms with van der Waals surface area (Å²) in [5.41, 5.74) is -0.0396. The van der Waals surface area contributed by atoms with E-state index in [-0.39, 0.29) is 11.5 Å². The number of hydrogen-bond acceptors (Lipinski definition) is 3. The van der Waals surface area contributed by atoms with Crippen LogP contribution in [0.4, 0.5) is 0 Å². The third-order valence-electron chi connectivity index (χ3n) is 2.86. The molecule has 4 nitrogen and oxygen atoms in total. The summed E-state index contributed by atoms with van der Waals surface area (Å²) in [7, 11) is -3.05. The molecular formula is C11H20NO3P. The van der Waals surface area contributed by atoms with Gasteiger partial charge in [0.25, 0.3) is 0 Å². The highest BCUT2D eigenvalue weighted by Crippen LogP contribution is 2.50. The van der Waals surface area contributed by atoms with E-state index < -0.39 is 7.75 Å². The molecule has 1 N–H and O–H groups in total. The van der Waals surface area contributed by atoms with E-state index in [2.05, 4.69) is 17.2 Å². The van der Waals surface area contributed by atoms with Gasteiger partial charge in [-0.15, -0.1) is 0 Å². The smallest absolute Gasteiger partial charge is 0.296 e. The van der Waals surface area contributed by atoms with Crippen LogP contribution in [0.25, 0.3) is 0 Å². The van der Waals surface area contributed by atoms with Crippen LogP contribution in [-0.2, 0) is 13.6 Å². The lowest BCUT2D eigenvalue weighted by atomic mass is 9.97. The maximum Gasteiger partial charge on any atom is 0.405 e. The van der Waals surface area contributed by atoms with Crippen molar-refractivity contribution in [3.05, 3.63) is 12.2 Å². The van der Waals surface area contributed by atoms with Gasteiger partial charge in [0, 0.05) is 11.5 Å². The molecule has 1 saturated heterocycles. The van der Waals surface area contributed by atoms with Crippen LogP contribution in [0.15, 0.2) is 12.2 Å². The molecule has 0 aromatic rings. The summed E-state index contributed by atoms with van der Waals surface area (Å²) in [6.45, 7) is 5.05. The predicted molar refractivity (Wildman–Crippen MR) is 63.2 cm³/mol. The third-order valence-corrected chi connectivity index (χ3v) is 4.48. The van der Waals surface area contributed by atoms with E-state index in [1.807, 2.05) is 13.8 Å². The van der Waals surface area contributed by atoms with Gasteiger partial charge in [-0.1, -0.05) is 26.0 Å². The molecule has 0 aromatic carbocycles. The maximum atomic E-state index is 12.2. The fourth-order valence-electron chi connectivity index (χ4n) is 1.81. The molecule has 0 bridgehead atoms. The highest BCUT2D eigenvalue weighted by molar-refractivity contribution is 7.51. The van der Waals surface area contributed by atoms with Crippen LogP contribution in [0.2, 0.25) is 0 Å². The summed E-state index contributed by atoms with van der Waals surface area (Å²) in [4.78, 5) is 0. The second-order valence-electron chi connectivity index (χ2n) is 5.32. The standard InChI is InChI=1S/C11H20NO3P/c1-11(2)8-14-16(13,15-9-11)12-10-6-4-3-5-7-10/h3-4,10H,5-9H2,1-2H3,(H,12,13). The monoisotopic (exact) mass is 245 g/mol. The zero-order valence-corrected chi connectivity index (χ0v) is 10.8. The zero-order chi connectivity index (χ0) is 11.6. The van der Waals surface area contributed by atoms with Crippen molar-refractivity contribution < 1.29 is 13.6 Å². The van der Waals surface area contributed by atoms with E-state index in [4.69, 9.17) is 9.05 Å². The predicted octanol–water partition coefficient (Wildman–Crippen LogP) is 2.87. The summed E-state index contributed by atoms with van der Waals surface area (Å²) in [5, 5.41) is 3.03. The number of allylic oxidation sites excluding steroid dienone is 1. The summed E-state index contributed by atoms with van der Waals surface area (Å²) in [6.07, 6.45) is 7.20. The number of hydrogen-bond donors (Lipinski definition) is 1. The molecule has 1 fully saturated rings. The first-order chi connectivity index (χ1) is 7.49. The molecular weight excluding hydrogens is 225 g/mol. The van der Waals surface area contributed by atoms with Crippen molar-refractivity contribution in [2.24, 2.45) is 5.41 Å². The van der Waals surface area contributed by atoms with E-state index in [1.54, 1.807) is 0 Å². The number of nitrogens with one attached hydrogen (secondary N) is 1. The summed E-state index contributed by atoms with van der Waals surface area (Å²) < 4.78 is 23.0. The fourth-order valence-corrected chi connectivity index (χ4v) is 3.75. The molecule has 2 rings (SSSR count). The molecule has 1 heterocycles. The van der Waals surface area contributed by atoms with Gasteiger partial charge in [0.1, 0.15) is 0 Å². The lowest BCUT2D eigenvalue weighted by Crippen LogP contribution is -2.36. The molecule has 0 aromatic heterocycles. The Morgan fingerprint density at radius 2 is 2.00 bits per heavy atom. The van der Waals surface area contributed by atoms with Gasteiger partial charge in [-0.05, 0) is 19.3 Å². The average molecular weight is 245 g/mol. The van der Waals surface area contributed by atoms with Crippen molar-refractivity contribution in [2.75, 3.05) is 13.2 Å². The molecule has 1 atom stereocenters. The molecule has 1 unspecified atom stereocenters. The minimum absolute atomic E-state index is 0.0396. The maximum absolute atomic E-state index is 12.2. The highest BCUT2D eigenvalue weighted by Gasteiger charge is 2.37. The van der Waals surface area contributed by atoms with Gasteiger partial charge in [0.05, 0.1) is 13.2 Å². The quantitative estimate of drug-likeness (QED) is 0.600. The summed E-state index contributed by atoms with van der Waals surface area (Å²) in [5.74, 6) is 0. The van der Waals surface area contributed by atoms with Gasteiger partial charge in [-0.2, -0.15) is 0 Å². The minimum Gasteiger partial charge on any atom is -0.296 e. The third kappa shape index (κ3) is 3.17. The first-order valence-corrected chi connectivity index (χ1v) is 7.35. The Balaban J connectivity index is 1.89. The van der Waals surface area contributed by atoms with E-state index >= 15 is 0 Å². The second-order valence-corrected chi connectivity index (χ2v) is 7.09. The molecule has 92 valence electrons. The molecule has 1 aliphatic heterocycles. The first kappa shape index (κ1) is 12.3. The Labute approximate surface area is 97.0 Å². The van der Waals surface area contributed by atoms with Crippen LogP contribution in [0.1, 0.15) is 33.1 Å². The van der Waals surface area contributed by atoms with Crippen molar-refractivity contribution in [3.8, 4) is 0 Å². The van der Waals surface area contributed by atoms with E-state index in [1.165, 1.54) is 0 Å². The van der Waals surface area contributed by atoms with E-state index in [9.17, 15) is 4.57 Å². The van der Waals surface area contributed by atoms with Gasteiger partial charge < -0.3 is 0 Å². The van der Waals surface area contributed by atoms with Crippen molar-refractivity contribution >= 4 is 7.75 Å². The largest absolute Gasteiger partial charge is 0.405 e. The zero-order valence-electron chi connectivity index (χ0n) is 9.94. The van der Waals surface area contributed by atoms with Crippen LogP contribution in [-0.4, -0.2) is 19.3 Å². The summed E-state index contributed by atoms with van der Waals surface area (Å²) >= 11 is 0. The Morgan fingerprint density at radius 1 is 1.31 bits per heavy atom. The van der Waals surface area contributed by atoms with Crippen LogP contribution < -0.4 is 5.09 Å². The van der Waals surface area contributed by atoms with E-state index in [0.29, 0.717) is 13.2 Å². The van der Waals surface area contributed by atoms with Crippen molar-refractivity contribution in [3.63, 3.8) is 0 Å². The first-order valence-electron chi connectivity index (χ1n) is 5.81. The van der Waals surface area contributed by atoms with Gasteiger partial charge in [-0.25, -0.2) is 9.65 Å². The fraction of sp³-hybridized carbons (Fsp3) is 0.818. The second kappa shape index (κ2) is 4.61.